The molecule has 2 heterocycles. The first-order valence-corrected chi connectivity index (χ1v) is 5.70. The fraction of sp³-hybridized carbons (Fsp3) is 0.545. The molecule has 5 heteroatoms. The topological polar surface area (TPSA) is 57.4 Å². The Balaban J connectivity index is 1.82. The molecule has 4 nitrogen and oxygen atoms in total. The zero-order valence-corrected chi connectivity index (χ0v) is 9.74. The van der Waals surface area contributed by atoms with E-state index >= 15 is 0 Å². The van der Waals surface area contributed by atoms with Gasteiger partial charge in [0.25, 0.3) is 0 Å². The quantitative estimate of drug-likeness (QED) is 0.876. The summed E-state index contributed by atoms with van der Waals surface area (Å²) in [6.45, 7) is 2.72. The van der Waals surface area contributed by atoms with Crippen molar-refractivity contribution >= 4 is 17.4 Å². The molecule has 0 amide bonds. The zero-order valence-electron chi connectivity index (χ0n) is 8.99. The first-order chi connectivity index (χ1) is 7.75. The van der Waals surface area contributed by atoms with Crippen LogP contribution in [0.2, 0.25) is 5.02 Å². The molecule has 0 bridgehead atoms. The van der Waals surface area contributed by atoms with E-state index in [9.17, 15) is 0 Å². The molecule has 1 saturated heterocycles. The summed E-state index contributed by atoms with van der Waals surface area (Å²) in [5.41, 5.74) is 6.27. The molecule has 1 unspecified atom stereocenters. The minimum Gasteiger partial charge on any atom is -0.384 e. The van der Waals surface area contributed by atoms with Crippen molar-refractivity contribution in [3.63, 3.8) is 0 Å². The number of ether oxygens (including phenoxy) is 2. The first kappa shape index (κ1) is 11.6. The Hall–Kier alpha value is -0.840. The highest BCUT2D eigenvalue weighted by Gasteiger charge is 2.15. The molecule has 1 fully saturated rings. The number of nitrogens with two attached hydrogens (primary N) is 1. The third kappa shape index (κ3) is 3.07. The Morgan fingerprint density at radius 3 is 3.19 bits per heavy atom. The van der Waals surface area contributed by atoms with E-state index in [4.69, 9.17) is 26.8 Å². The average molecular weight is 243 g/mol. The minimum atomic E-state index is 0.403. The van der Waals surface area contributed by atoms with E-state index < -0.39 is 0 Å². The van der Waals surface area contributed by atoms with Gasteiger partial charge in [-0.2, -0.15) is 0 Å². The summed E-state index contributed by atoms with van der Waals surface area (Å²) < 4.78 is 10.8. The number of hydrogen-bond donors (Lipinski definition) is 1. The maximum atomic E-state index is 5.97. The number of anilines is 1. The van der Waals surface area contributed by atoms with Crippen LogP contribution in [-0.2, 0) is 16.1 Å². The van der Waals surface area contributed by atoms with Crippen molar-refractivity contribution in [2.75, 3.05) is 25.6 Å². The number of aromatic nitrogens is 1. The molecule has 0 radical (unpaired) electrons. The minimum absolute atomic E-state index is 0.403. The predicted octanol–water partition coefficient (Wildman–Crippen LogP) is 1.87. The van der Waals surface area contributed by atoms with E-state index in [1.807, 2.05) is 0 Å². The summed E-state index contributed by atoms with van der Waals surface area (Å²) in [5.74, 6) is 0.965. The highest BCUT2D eigenvalue weighted by Crippen LogP contribution is 2.17. The van der Waals surface area contributed by atoms with E-state index in [-0.39, 0.29) is 0 Å². The summed E-state index contributed by atoms with van der Waals surface area (Å²) in [4.78, 5) is 4.13. The van der Waals surface area contributed by atoms with Crippen LogP contribution in [0.1, 0.15) is 12.1 Å². The second-order valence-electron chi connectivity index (χ2n) is 3.91. The first-order valence-electron chi connectivity index (χ1n) is 5.32. The van der Waals surface area contributed by atoms with Gasteiger partial charge in [-0.25, -0.2) is 4.98 Å². The molecule has 0 saturated carbocycles. The molecule has 1 aliphatic rings. The SMILES string of the molecule is Nc1ccc(Cl)c(COCC2CCOC2)n1. The van der Waals surface area contributed by atoms with Gasteiger partial charge in [0, 0.05) is 12.5 Å². The summed E-state index contributed by atoms with van der Waals surface area (Å²) in [7, 11) is 0. The summed E-state index contributed by atoms with van der Waals surface area (Å²) in [5, 5.41) is 0.594. The van der Waals surface area contributed by atoms with Gasteiger partial charge in [0.1, 0.15) is 5.82 Å². The third-order valence-corrected chi connectivity index (χ3v) is 2.90. The molecule has 1 aromatic heterocycles. The highest BCUT2D eigenvalue weighted by molar-refractivity contribution is 6.31. The molecule has 0 aliphatic carbocycles. The molecule has 1 aliphatic heterocycles. The second kappa shape index (κ2) is 5.48. The third-order valence-electron chi connectivity index (χ3n) is 2.56. The van der Waals surface area contributed by atoms with E-state index in [2.05, 4.69) is 4.98 Å². The summed E-state index contributed by atoms with van der Waals surface area (Å²) in [6.07, 6.45) is 1.07. The molecule has 16 heavy (non-hydrogen) atoms. The van der Waals surface area contributed by atoms with Crippen LogP contribution in [0.3, 0.4) is 0 Å². The van der Waals surface area contributed by atoms with Crippen LogP contribution in [0, 0.1) is 5.92 Å². The fourth-order valence-corrected chi connectivity index (χ4v) is 1.80. The fourth-order valence-electron chi connectivity index (χ4n) is 1.64. The maximum Gasteiger partial charge on any atom is 0.123 e. The molecular weight excluding hydrogens is 228 g/mol. The van der Waals surface area contributed by atoms with Crippen molar-refractivity contribution in [3.05, 3.63) is 22.8 Å². The van der Waals surface area contributed by atoms with Crippen molar-refractivity contribution in [1.29, 1.82) is 0 Å². The predicted molar refractivity (Wildman–Crippen MR) is 62.2 cm³/mol. The van der Waals surface area contributed by atoms with E-state index in [1.54, 1.807) is 12.1 Å². The van der Waals surface area contributed by atoms with Gasteiger partial charge in [-0.05, 0) is 18.6 Å². The van der Waals surface area contributed by atoms with E-state index in [0.717, 1.165) is 19.6 Å². The molecule has 1 atom stereocenters. The van der Waals surface area contributed by atoms with Crippen molar-refractivity contribution in [1.82, 2.24) is 4.98 Å². The molecular formula is C11H15ClN2O2. The Morgan fingerprint density at radius 2 is 2.44 bits per heavy atom. The number of nitrogens with zero attached hydrogens (tertiary/aromatic N) is 1. The lowest BCUT2D eigenvalue weighted by Gasteiger charge is -2.09. The van der Waals surface area contributed by atoms with Crippen molar-refractivity contribution in [2.45, 2.75) is 13.0 Å². The van der Waals surface area contributed by atoms with Gasteiger partial charge >= 0.3 is 0 Å². The van der Waals surface area contributed by atoms with Gasteiger partial charge < -0.3 is 15.2 Å². The lowest BCUT2D eigenvalue weighted by molar-refractivity contribution is 0.0774. The van der Waals surface area contributed by atoms with Crippen LogP contribution in [0.25, 0.3) is 0 Å². The van der Waals surface area contributed by atoms with Crippen molar-refractivity contribution in [3.8, 4) is 0 Å². The molecule has 88 valence electrons. The zero-order chi connectivity index (χ0) is 11.4. The standard InChI is InChI=1S/C11H15ClN2O2/c12-9-1-2-11(13)14-10(9)7-16-6-8-3-4-15-5-8/h1-2,8H,3-7H2,(H2,13,14). The highest BCUT2D eigenvalue weighted by atomic mass is 35.5. The largest absolute Gasteiger partial charge is 0.384 e. The van der Waals surface area contributed by atoms with Gasteiger partial charge in [-0.15, -0.1) is 0 Å². The van der Waals surface area contributed by atoms with Gasteiger partial charge in [-0.1, -0.05) is 11.6 Å². The van der Waals surface area contributed by atoms with Gasteiger partial charge in [-0.3, -0.25) is 0 Å². The molecule has 0 spiro atoms. The van der Waals surface area contributed by atoms with Crippen LogP contribution in [0.4, 0.5) is 5.82 Å². The number of halogens is 1. The van der Waals surface area contributed by atoms with Crippen LogP contribution < -0.4 is 5.73 Å². The van der Waals surface area contributed by atoms with Crippen LogP contribution in [0.5, 0.6) is 0 Å². The van der Waals surface area contributed by atoms with Gasteiger partial charge in [0.05, 0.1) is 30.5 Å². The van der Waals surface area contributed by atoms with Gasteiger partial charge in [0.2, 0.25) is 0 Å². The number of pyridine rings is 1. The van der Waals surface area contributed by atoms with E-state index in [1.165, 1.54) is 0 Å². The number of rotatable bonds is 4. The number of nitrogen functional groups attached to an aromatic ring is 1. The molecule has 1 aromatic rings. The molecule has 2 N–H and O–H groups in total. The Bertz CT molecular complexity index is 354. The van der Waals surface area contributed by atoms with Crippen LogP contribution >= 0.6 is 11.6 Å². The Labute approximate surface area is 99.7 Å². The second-order valence-corrected chi connectivity index (χ2v) is 4.32. The van der Waals surface area contributed by atoms with Crippen LogP contribution in [0.15, 0.2) is 12.1 Å². The lowest BCUT2D eigenvalue weighted by atomic mass is 10.1. The normalized spacial score (nSPS) is 20.2. The van der Waals surface area contributed by atoms with Crippen molar-refractivity contribution < 1.29 is 9.47 Å². The lowest BCUT2D eigenvalue weighted by Crippen LogP contribution is -2.10. The monoisotopic (exact) mass is 242 g/mol. The smallest absolute Gasteiger partial charge is 0.123 e. The number of hydrogen-bond acceptors (Lipinski definition) is 4. The molecule has 0 aromatic carbocycles. The Kier molecular flexibility index (Phi) is 3.98. The average Bonchev–Trinajstić information content (AvgIpc) is 2.76. The van der Waals surface area contributed by atoms with Crippen LogP contribution in [-0.4, -0.2) is 24.8 Å². The summed E-state index contributed by atoms with van der Waals surface area (Å²) in [6, 6.07) is 3.41. The van der Waals surface area contributed by atoms with Crippen molar-refractivity contribution in [2.24, 2.45) is 5.92 Å². The molecule has 2 rings (SSSR count). The Morgan fingerprint density at radius 1 is 1.56 bits per heavy atom. The van der Waals surface area contributed by atoms with E-state index in [0.29, 0.717) is 35.7 Å². The maximum absolute atomic E-state index is 5.97. The van der Waals surface area contributed by atoms with Gasteiger partial charge in [0.15, 0.2) is 0 Å². The summed E-state index contributed by atoms with van der Waals surface area (Å²) >= 11 is 5.97.